The van der Waals surface area contributed by atoms with Crippen LogP contribution in [0.3, 0.4) is 0 Å². The summed E-state index contributed by atoms with van der Waals surface area (Å²) in [6.45, 7) is 9.35. The van der Waals surface area contributed by atoms with Gasteiger partial charge in [0, 0.05) is 34.8 Å². The van der Waals surface area contributed by atoms with Gasteiger partial charge in [-0.25, -0.2) is 4.99 Å². The Bertz CT molecular complexity index is 1120. The maximum atomic E-state index is 5.04. The maximum Gasteiger partial charge on any atom is 0.147 e. The molecule has 0 aliphatic carbocycles. The topological polar surface area (TPSA) is 48.5 Å². The van der Waals surface area contributed by atoms with E-state index in [1.54, 1.807) is 0 Å². The van der Waals surface area contributed by atoms with Crippen LogP contribution in [-0.4, -0.2) is 12.4 Å². The van der Waals surface area contributed by atoms with Crippen molar-refractivity contribution in [2.75, 3.05) is 11.9 Å². The molecule has 3 aromatic rings. The van der Waals surface area contributed by atoms with Crippen molar-refractivity contribution < 1.29 is 0 Å². The van der Waals surface area contributed by atoms with E-state index in [-0.39, 0.29) is 6.17 Å². The molecule has 0 spiro atoms. The number of anilines is 1. The zero-order valence-corrected chi connectivity index (χ0v) is 17.6. The zero-order chi connectivity index (χ0) is 20.9. The van der Waals surface area contributed by atoms with Crippen LogP contribution in [0.25, 0.3) is 10.8 Å². The standard InChI is InChI=1S/C26H28N4/c1-4-16-27-18(2)17-19(3)28-26-23-13-7-8-15-24(23)29-25(30-26)22-14-9-11-20-10-5-6-12-21(20)22/h5-15,17,25,27,29H,3-4,16H2,1-2H3,(H,28,30)/b18-17-. The van der Waals surface area contributed by atoms with E-state index in [0.29, 0.717) is 0 Å². The molecular formula is C26H28N4. The smallest absolute Gasteiger partial charge is 0.147 e. The van der Waals surface area contributed by atoms with Gasteiger partial charge < -0.3 is 16.0 Å². The third-order valence-electron chi connectivity index (χ3n) is 5.17. The van der Waals surface area contributed by atoms with Crippen LogP contribution in [0.5, 0.6) is 0 Å². The van der Waals surface area contributed by atoms with Crippen molar-refractivity contribution in [3.63, 3.8) is 0 Å². The minimum atomic E-state index is -0.176. The van der Waals surface area contributed by atoms with E-state index in [0.717, 1.165) is 47.0 Å². The Kier molecular flexibility index (Phi) is 5.84. The second-order valence-corrected chi connectivity index (χ2v) is 7.54. The number of benzene rings is 3. The van der Waals surface area contributed by atoms with Crippen molar-refractivity contribution in [2.24, 2.45) is 4.99 Å². The summed E-state index contributed by atoms with van der Waals surface area (Å²) in [6, 6.07) is 23.0. The highest BCUT2D eigenvalue weighted by molar-refractivity contribution is 6.06. The van der Waals surface area contributed by atoms with Gasteiger partial charge in [0.15, 0.2) is 0 Å². The molecule has 3 N–H and O–H groups in total. The number of allylic oxidation sites excluding steroid dienone is 2. The molecule has 1 aliphatic rings. The molecule has 1 unspecified atom stereocenters. The summed E-state index contributed by atoms with van der Waals surface area (Å²) < 4.78 is 0. The molecule has 3 aromatic carbocycles. The SMILES string of the molecule is C=C(/C=C(/C)NCCC)NC1=NC(c2cccc3ccccc23)Nc2ccccc21. The number of rotatable bonds is 6. The molecule has 4 nitrogen and oxygen atoms in total. The Morgan fingerprint density at radius 1 is 1.07 bits per heavy atom. The van der Waals surface area contributed by atoms with E-state index in [1.807, 2.05) is 18.2 Å². The lowest BCUT2D eigenvalue weighted by molar-refractivity contribution is 0.767. The monoisotopic (exact) mass is 396 g/mol. The highest BCUT2D eigenvalue weighted by Gasteiger charge is 2.22. The van der Waals surface area contributed by atoms with Gasteiger partial charge in [-0.2, -0.15) is 0 Å². The molecule has 0 radical (unpaired) electrons. The van der Waals surface area contributed by atoms with Gasteiger partial charge in [0.25, 0.3) is 0 Å². The summed E-state index contributed by atoms with van der Waals surface area (Å²) in [4.78, 5) is 5.04. The molecule has 152 valence electrons. The Hall–Kier alpha value is -3.53. The summed E-state index contributed by atoms with van der Waals surface area (Å²) in [5, 5.41) is 12.8. The molecule has 4 rings (SSSR count). The number of nitrogens with one attached hydrogen (secondary N) is 3. The average Bonchev–Trinajstić information content (AvgIpc) is 2.77. The van der Waals surface area contributed by atoms with Crippen molar-refractivity contribution in [1.29, 1.82) is 0 Å². The number of para-hydroxylation sites is 1. The Labute approximate surface area is 178 Å². The number of fused-ring (bicyclic) bond motifs is 2. The normalized spacial score (nSPS) is 15.7. The fourth-order valence-corrected chi connectivity index (χ4v) is 3.75. The van der Waals surface area contributed by atoms with Crippen molar-refractivity contribution in [3.05, 3.63) is 102 Å². The van der Waals surface area contributed by atoms with E-state index in [9.17, 15) is 0 Å². The van der Waals surface area contributed by atoms with Crippen LogP contribution in [0, 0.1) is 0 Å². The van der Waals surface area contributed by atoms with Gasteiger partial charge >= 0.3 is 0 Å². The molecule has 0 saturated heterocycles. The second kappa shape index (κ2) is 8.87. The van der Waals surface area contributed by atoms with Crippen LogP contribution in [0.1, 0.15) is 37.6 Å². The van der Waals surface area contributed by atoms with Crippen molar-refractivity contribution >= 4 is 22.3 Å². The van der Waals surface area contributed by atoms with Crippen LogP contribution >= 0.6 is 0 Å². The molecule has 0 amide bonds. The predicted octanol–water partition coefficient (Wildman–Crippen LogP) is 5.72. The van der Waals surface area contributed by atoms with Gasteiger partial charge in [-0.15, -0.1) is 0 Å². The van der Waals surface area contributed by atoms with E-state index < -0.39 is 0 Å². The van der Waals surface area contributed by atoms with Crippen molar-refractivity contribution in [1.82, 2.24) is 10.6 Å². The van der Waals surface area contributed by atoms with Crippen LogP contribution < -0.4 is 16.0 Å². The predicted molar refractivity (Wildman–Crippen MR) is 128 cm³/mol. The molecule has 1 heterocycles. The highest BCUT2D eigenvalue weighted by atomic mass is 15.2. The summed E-state index contributed by atoms with van der Waals surface area (Å²) in [5.74, 6) is 0.826. The Balaban J connectivity index is 1.68. The fourth-order valence-electron chi connectivity index (χ4n) is 3.75. The molecular weight excluding hydrogens is 368 g/mol. The minimum absolute atomic E-state index is 0.176. The first kappa shape index (κ1) is 19.8. The number of hydrogen-bond acceptors (Lipinski definition) is 4. The molecule has 0 bridgehead atoms. The van der Waals surface area contributed by atoms with Crippen LogP contribution in [0.15, 0.2) is 95.8 Å². The van der Waals surface area contributed by atoms with Crippen molar-refractivity contribution in [3.8, 4) is 0 Å². The Morgan fingerprint density at radius 3 is 2.70 bits per heavy atom. The lowest BCUT2D eigenvalue weighted by Crippen LogP contribution is -2.30. The molecule has 1 atom stereocenters. The van der Waals surface area contributed by atoms with E-state index in [1.165, 1.54) is 10.8 Å². The first-order valence-corrected chi connectivity index (χ1v) is 10.4. The number of hydrogen-bond donors (Lipinski definition) is 3. The fraction of sp³-hybridized carbons (Fsp3) is 0.192. The molecule has 0 aromatic heterocycles. The van der Waals surface area contributed by atoms with Gasteiger partial charge in [0.1, 0.15) is 12.0 Å². The summed E-state index contributed by atoms with van der Waals surface area (Å²) in [6.07, 6.45) is 2.93. The lowest BCUT2D eigenvalue weighted by Gasteiger charge is -2.27. The number of amidine groups is 1. The minimum Gasteiger partial charge on any atom is -0.389 e. The second-order valence-electron chi connectivity index (χ2n) is 7.54. The van der Waals surface area contributed by atoms with Crippen molar-refractivity contribution in [2.45, 2.75) is 26.4 Å². The third kappa shape index (κ3) is 4.23. The van der Waals surface area contributed by atoms with Gasteiger partial charge in [0.2, 0.25) is 0 Å². The van der Waals surface area contributed by atoms with Crippen LogP contribution in [0.4, 0.5) is 5.69 Å². The first-order valence-electron chi connectivity index (χ1n) is 10.4. The number of aliphatic imine (C=N–C) groups is 1. The van der Waals surface area contributed by atoms with Gasteiger partial charge in [-0.3, -0.25) is 0 Å². The average molecular weight is 397 g/mol. The summed E-state index contributed by atoms with van der Waals surface area (Å²) in [5.41, 5.74) is 5.16. The molecule has 4 heteroatoms. The quantitative estimate of drug-likeness (QED) is 0.467. The Morgan fingerprint density at radius 2 is 1.83 bits per heavy atom. The third-order valence-corrected chi connectivity index (χ3v) is 5.17. The van der Waals surface area contributed by atoms with E-state index in [2.05, 4.69) is 91.0 Å². The van der Waals surface area contributed by atoms with Crippen LogP contribution in [-0.2, 0) is 0 Å². The largest absolute Gasteiger partial charge is 0.389 e. The molecule has 1 aliphatic heterocycles. The van der Waals surface area contributed by atoms with Gasteiger partial charge in [-0.1, -0.05) is 68.1 Å². The van der Waals surface area contributed by atoms with E-state index >= 15 is 0 Å². The molecule has 0 fully saturated rings. The van der Waals surface area contributed by atoms with Gasteiger partial charge in [0.05, 0.1) is 0 Å². The molecule has 0 saturated carbocycles. The first-order chi connectivity index (χ1) is 14.7. The summed E-state index contributed by atoms with van der Waals surface area (Å²) in [7, 11) is 0. The number of nitrogens with zero attached hydrogens (tertiary/aromatic N) is 1. The van der Waals surface area contributed by atoms with Gasteiger partial charge in [-0.05, 0) is 42.3 Å². The summed E-state index contributed by atoms with van der Waals surface area (Å²) >= 11 is 0. The maximum absolute atomic E-state index is 5.04. The lowest BCUT2D eigenvalue weighted by atomic mass is 10.0. The molecule has 30 heavy (non-hydrogen) atoms. The van der Waals surface area contributed by atoms with Crippen LogP contribution in [0.2, 0.25) is 0 Å². The zero-order valence-electron chi connectivity index (χ0n) is 17.6. The van der Waals surface area contributed by atoms with E-state index in [4.69, 9.17) is 4.99 Å². The highest BCUT2D eigenvalue weighted by Crippen LogP contribution is 2.33.